The second-order valence-corrected chi connectivity index (χ2v) is 4.50. The Balaban J connectivity index is 2.66. The van der Waals surface area contributed by atoms with E-state index in [1.807, 2.05) is 38.4 Å². The van der Waals surface area contributed by atoms with Crippen molar-refractivity contribution < 1.29 is 0 Å². The van der Waals surface area contributed by atoms with Gasteiger partial charge in [-0.25, -0.2) is 4.09 Å². The molecule has 2 rings (SSSR count). The predicted molar refractivity (Wildman–Crippen MR) is 65.6 cm³/mol. The Kier molecular flexibility index (Phi) is 2.91. The molecule has 2 nitrogen and oxygen atoms in total. The summed E-state index contributed by atoms with van der Waals surface area (Å²) < 4.78 is 1.51. The highest BCUT2D eigenvalue weighted by molar-refractivity contribution is 6.36. The Morgan fingerprint density at radius 2 is 1.93 bits per heavy atom. The summed E-state index contributed by atoms with van der Waals surface area (Å²) in [7, 11) is 4.02. The third-order valence-electron chi connectivity index (χ3n) is 2.34. The second kappa shape index (κ2) is 4.05. The van der Waals surface area contributed by atoms with Gasteiger partial charge in [-0.15, -0.1) is 0 Å². The average Bonchev–Trinajstić information content (AvgIpc) is 2.44. The van der Waals surface area contributed by atoms with Crippen molar-refractivity contribution in [3.05, 3.63) is 35.0 Å². The van der Waals surface area contributed by atoms with Crippen LogP contribution in [0.25, 0.3) is 10.9 Å². The number of rotatable bonds is 2. The van der Waals surface area contributed by atoms with Crippen molar-refractivity contribution in [2.45, 2.75) is 6.54 Å². The van der Waals surface area contributed by atoms with Gasteiger partial charge >= 0.3 is 0 Å². The predicted octanol–water partition coefficient (Wildman–Crippen LogP) is 3.36. The Bertz CT molecular complexity index is 489. The van der Waals surface area contributed by atoms with Crippen LogP contribution in [0.3, 0.4) is 0 Å². The van der Waals surface area contributed by atoms with E-state index in [1.54, 1.807) is 0 Å². The molecule has 4 heteroatoms. The average molecular weight is 243 g/mol. The van der Waals surface area contributed by atoms with Crippen LogP contribution in [0, 0.1) is 0 Å². The van der Waals surface area contributed by atoms with E-state index in [9.17, 15) is 0 Å². The lowest BCUT2D eigenvalue weighted by Crippen LogP contribution is -2.10. The first-order valence-electron chi connectivity index (χ1n) is 4.70. The first kappa shape index (κ1) is 10.8. The molecule has 1 heterocycles. The van der Waals surface area contributed by atoms with Crippen molar-refractivity contribution in [2.75, 3.05) is 14.1 Å². The first-order valence-corrected chi connectivity index (χ1v) is 5.41. The van der Waals surface area contributed by atoms with E-state index in [4.69, 9.17) is 23.4 Å². The fourth-order valence-corrected chi connectivity index (χ4v) is 2.20. The molecule has 0 fully saturated rings. The number of nitrogens with zero attached hydrogens (tertiary/aromatic N) is 2. The van der Waals surface area contributed by atoms with Crippen LogP contribution in [0.15, 0.2) is 24.3 Å². The van der Waals surface area contributed by atoms with E-state index >= 15 is 0 Å². The van der Waals surface area contributed by atoms with Gasteiger partial charge in [0, 0.05) is 29.3 Å². The summed E-state index contributed by atoms with van der Waals surface area (Å²) in [6.45, 7) is 0.791. The first-order chi connectivity index (χ1) is 7.11. The molecule has 0 amide bonds. The number of benzene rings is 1. The van der Waals surface area contributed by atoms with Gasteiger partial charge in [-0.1, -0.05) is 29.8 Å². The lowest BCUT2D eigenvalue weighted by Gasteiger charge is -2.08. The summed E-state index contributed by atoms with van der Waals surface area (Å²) in [6.07, 6.45) is 0. The van der Waals surface area contributed by atoms with E-state index in [-0.39, 0.29) is 0 Å². The molecule has 0 atom stereocenters. The zero-order valence-corrected chi connectivity index (χ0v) is 10.2. The van der Waals surface area contributed by atoms with Crippen molar-refractivity contribution in [2.24, 2.45) is 0 Å². The number of halogens is 2. The molecule has 0 radical (unpaired) electrons. The maximum absolute atomic E-state index is 6.19. The summed E-state index contributed by atoms with van der Waals surface area (Å²) in [5.74, 6) is 0. The minimum absolute atomic E-state index is 0.603. The van der Waals surface area contributed by atoms with Crippen LogP contribution in [0.5, 0.6) is 0 Å². The molecule has 80 valence electrons. The normalized spacial score (nSPS) is 11.5. The van der Waals surface area contributed by atoms with E-state index in [0.29, 0.717) is 5.15 Å². The third kappa shape index (κ3) is 1.85. The van der Waals surface area contributed by atoms with Gasteiger partial charge in [0.25, 0.3) is 0 Å². The zero-order chi connectivity index (χ0) is 11.0. The van der Waals surface area contributed by atoms with Crippen molar-refractivity contribution in [3.63, 3.8) is 0 Å². The minimum Gasteiger partial charge on any atom is -0.305 e. The van der Waals surface area contributed by atoms with E-state index < -0.39 is 0 Å². The number of para-hydroxylation sites is 1. The lowest BCUT2D eigenvalue weighted by atomic mass is 10.2. The summed E-state index contributed by atoms with van der Waals surface area (Å²) >= 11 is 12.3. The summed E-state index contributed by atoms with van der Waals surface area (Å²) in [6, 6.07) is 7.96. The molecule has 0 aliphatic carbocycles. The van der Waals surface area contributed by atoms with Crippen molar-refractivity contribution in [3.8, 4) is 0 Å². The maximum Gasteiger partial charge on any atom is 0.129 e. The van der Waals surface area contributed by atoms with Crippen LogP contribution in [0.2, 0.25) is 5.15 Å². The minimum atomic E-state index is 0.603. The largest absolute Gasteiger partial charge is 0.305 e. The number of fused-ring (bicyclic) bond motifs is 1. The van der Waals surface area contributed by atoms with E-state index in [0.717, 1.165) is 23.0 Å². The highest BCUT2D eigenvalue weighted by Gasteiger charge is 2.14. The monoisotopic (exact) mass is 242 g/mol. The Labute approximate surface area is 99.1 Å². The summed E-state index contributed by atoms with van der Waals surface area (Å²) in [5, 5.41) is 1.72. The third-order valence-corrected chi connectivity index (χ3v) is 3.17. The van der Waals surface area contributed by atoms with Crippen molar-refractivity contribution >= 4 is 34.3 Å². The molecule has 0 aliphatic heterocycles. The number of hydrogen-bond acceptors (Lipinski definition) is 1. The highest BCUT2D eigenvalue weighted by Crippen LogP contribution is 2.31. The van der Waals surface area contributed by atoms with Crippen LogP contribution < -0.4 is 0 Å². The van der Waals surface area contributed by atoms with Gasteiger partial charge in [0.05, 0.1) is 5.52 Å². The molecule has 0 unspecified atom stereocenters. The molecular formula is C11H12Cl2N2. The summed E-state index contributed by atoms with van der Waals surface area (Å²) in [4.78, 5) is 2.07. The highest BCUT2D eigenvalue weighted by atomic mass is 35.5. The molecule has 1 aromatic carbocycles. The molecular weight excluding hydrogens is 231 g/mol. The Morgan fingerprint density at radius 3 is 2.60 bits per heavy atom. The Hall–Kier alpha value is -0.700. The van der Waals surface area contributed by atoms with Gasteiger partial charge in [0.1, 0.15) is 5.15 Å². The summed E-state index contributed by atoms with van der Waals surface area (Å²) in [5.41, 5.74) is 2.04. The van der Waals surface area contributed by atoms with Crippen LogP contribution >= 0.6 is 23.4 Å². The van der Waals surface area contributed by atoms with Crippen LogP contribution in [-0.2, 0) is 6.54 Å². The topological polar surface area (TPSA) is 8.17 Å². The molecule has 0 saturated carbocycles. The molecule has 1 aromatic heterocycles. The zero-order valence-electron chi connectivity index (χ0n) is 8.67. The van der Waals surface area contributed by atoms with Gasteiger partial charge in [-0.3, -0.25) is 0 Å². The maximum atomic E-state index is 6.19. The molecule has 0 saturated heterocycles. The van der Waals surface area contributed by atoms with Crippen molar-refractivity contribution in [1.82, 2.24) is 8.99 Å². The SMILES string of the molecule is CN(C)Cc1c(Cl)n(Cl)c2ccccc12. The molecule has 0 aliphatic rings. The second-order valence-electron chi connectivity index (χ2n) is 3.81. The molecule has 0 bridgehead atoms. The van der Waals surface area contributed by atoms with Crippen molar-refractivity contribution in [1.29, 1.82) is 0 Å². The van der Waals surface area contributed by atoms with Crippen LogP contribution in [-0.4, -0.2) is 23.1 Å². The van der Waals surface area contributed by atoms with Gasteiger partial charge in [-0.05, 0) is 20.2 Å². The quantitative estimate of drug-likeness (QED) is 0.785. The number of hydrogen-bond donors (Lipinski definition) is 0. The van der Waals surface area contributed by atoms with E-state index in [2.05, 4.69) is 4.90 Å². The van der Waals surface area contributed by atoms with Crippen LogP contribution in [0.1, 0.15) is 5.56 Å². The molecule has 0 N–H and O–H groups in total. The molecule has 0 spiro atoms. The smallest absolute Gasteiger partial charge is 0.129 e. The van der Waals surface area contributed by atoms with Gasteiger partial charge in [0.2, 0.25) is 0 Å². The number of aromatic nitrogens is 1. The fourth-order valence-electron chi connectivity index (χ4n) is 1.70. The van der Waals surface area contributed by atoms with E-state index in [1.165, 1.54) is 4.09 Å². The Morgan fingerprint density at radius 1 is 1.27 bits per heavy atom. The van der Waals surface area contributed by atoms with Gasteiger partial charge < -0.3 is 4.90 Å². The molecule has 2 aromatic rings. The van der Waals surface area contributed by atoms with Gasteiger partial charge in [0.15, 0.2) is 0 Å². The van der Waals surface area contributed by atoms with Crippen LogP contribution in [0.4, 0.5) is 0 Å². The van der Waals surface area contributed by atoms with Gasteiger partial charge in [-0.2, -0.15) is 0 Å². The fraction of sp³-hybridized carbons (Fsp3) is 0.273. The molecule has 15 heavy (non-hydrogen) atoms. The lowest BCUT2D eigenvalue weighted by molar-refractivity contribution is 0.404. The standard InChI is InChI=1S/C11H12Cl2N2/c1-14(2)7-9-8-5-3-4-6-10(8)15(13)11(9)12/h3-6H,7H2,1-2H3.